The molecule has 0 aliphatic rings. The van der Waals surface area contributed by atoms with E-state index in [-0.39, 0.29) is 25.2 Å². The quantitative estimate of drug-likeness (QED) is 0.888. The molecule has 0 fully saturated rings. The summed E-state index contributed by atoms with van der Waals surface area (Å²) in [6.07, 6.45) is -4.42. The van der Waals surface area contributed by atoms with E-state index in [9.17, 15) is 13.2 Å². The Morgan fingerprint density at radius 1 is 1.24 bits per heavy atom. The van der Waals surface area contributed by atoms with Gasteiger partial charge in [-0.15, -0.1) is 12.4 Å². The Morgan fingerprint density at radius 2 is 1.82 bits per heavy atom. The van der Waals surface area contributed by atoms with Crippen LogP contribution in [0.2, 0.25) is 10.0 Å². The monoisotopic (exact) mass is 307 g/mol. The Bertz CT molecular complexity index is 368. The molecule has 7 heteroatoms. The normalized spacial score (nSPS) is 13.1. The van der Waals surface area contributed by atoms with Crippen LogP contribution in [0.25, 0.3) is 0 Å². The van der Waals surface area contributed by atoms with Gasteiger partial charge in [0.2, 0.25) is 0 Å². The number of benzene rings is 1. The van der Waals surface area contributed by atoms with E-state index in [0.29, 0.717) is 15.6 Å². The minimum atomic E-state index is -4.37. The average molecular weight is 309 g/mol. The summed E-state index contributed by atoms with van der Waals surface area (Å²) < 4.78 is 36.4. The summed E-state index contributed by atoms with van der Waals surface area (Å²) in [7, 11) is 0. The molecule has 17 heavy (non-hydrogen) atoms. The number of hydrogen-bond acceptors (Lipinski definition) is 1. The molecule has 2 N–H and O–H groups in total. The molecule has 98 valence electrons. The molecule has 0 heterocycles. The van der Waals surface area contributed by atoms with Crippen LogP contribution in [0, 0.1) is 0 Å². The molecule has 1 aromatic rings. The van der Waals surface area contributed by atoms with Crippen LogP contribution in [0.5, 0.6) is 0 Å². The third kappa shape index (κ3) is 5.34. The molecule has 0 aliphatic heterocycles. The second-order valence-corrected chi connectivity index (χ2v) is 4.27. The molecule has 1 rings (SSSR count). The van der Waals surface area contributed by atoms with Crippen molar-refractivity contribution < 1.29 is 13.2 Å². The molecule has 0 aliphatic carbocycles. The Balaban J connectivity index is 0.00000256. The smallest absolute Gasteiger partial charge is 0.320 e. The summed E-state index contributed by atoms with van der Waals surface area (Å²) in [6.45, 7) is 0. The largest absolute Gasteiger partial charge is 0.403 e. The van der Waals surface area contributed by atoms with Crippen LogP contribution in [0.3, 0.4) is 0 Å². The fourth-order valence-corrected chi connectivity index (χ4v) is 1.62. The lowest BCUT2D eigenvalue weighted by Gasteiger charge is -2.15. The van der Waals surface area contributed by atoms with E-state index in [4.69, 9.17) is 28.9 Å². The standard InChI is InChI=1S/C10H10Cl2F3N.ClH/c11-7-2-3-8(12)6(5-7)1-4-9(16)10(13,14)15;/h2-3,5,9H,1,4,16H2;1H. The van der Waals surface area contributed by atoms with Crippen molar-refractivity contribution in [2.75, 3.05) is 0 Å². The van der Waals surface area contributed by atoms with Gasteiger partial charge in [-0.05, 0) is 36.6 Å². The van der Waals surface area contributed by atoms with E-state index in [1.54, 1.807) is 18.2 Å². The SMILES string of the molecule is Cl.NC(CCc1cc(Cl)ccc1Cl)C(F)(F)F. The van der Waals surface area contributed by atoms with Gasteiger partial charge in [-0.25, -0.2) is 0 Å². The number of aryl methyl sites for hydroxylation is 1. The third-order valence-electron chi connectivity index (χ3n) is 2.15. The van der Waals surface area contributed by atoms with Gasteiger partial charge in [-0.2, -0.15) is 13.2 Å². The zero-order valence-corrected chi connectivity index (χ0v) is 10.9. The molecular weight excluding hydrogens is 297 g/mol. The number of halogens is 6. The lowest BCUT2D eigenvalue weighted by atomic mass is 10.1. The fourth-order valence-electron chi connectivity index (χ4n) is 1.21. The van der Waals surface area contributed by atoms with Gasteiger partial charge in [0.05, 0.1) is 0 Å². The second-order valence-electron chi connectivity index (χ2n) is 3.42. The van der Waals surface area contributed by atoms with Gasteiger partial charge in [0, 0.05) is 10.0 Å². The van der Waals surface area contributed by atoms with Gasteiger partial charge >= 0.3 is 6.18 Å². The summed E-state index contributed by atoms with van der Waals surface area (Å²) in [5, 5.41) is 0.846. The van der Waals surface area contributed by atoms with Crippen LogP contribution in [-0.4, -0.2) is 12.2 Å². The molecule has 1 nitrogen and oxygen atoms in total. The maximum Gasteiger partial charge on any atom is 0.403 e. The first kappa shape index (κ1) is 16.8. The Morgan fingerprint density at radius 3 is 2.35 bits per heavy atom. The molecule has 1 aromatic carbocycles. The molecular formula is C10H11Cl3F3N. The van der Waals surface area contributed by atoms with E-state index in [0.717, 1.165) is 0 Å². The number of nitrogens with two attached hydrogens (primary N) is 1. The first-order valence-electron chi connectivity index (χ1n) is 4.57. The molecule has 0 spiro atoms. The van der Waals surface area contributed by atoms with Crippen molar-refractivity contribution in [1.29, 1.82) is 0 Å². The molecule has 0 aromatic heterocycles. The third-order valence-corrected chi connectivity index (χ3v) is 2.76. The maximum absolute atomic E-state index is 12.1. The number of rotatable bonds is 3. The predicted octanol–water partition coefficient (Wildman–Crippen LogP) is 4.24. The Hall–Kier alpha value is -0.160. The molecule has 1 atom stereocenters. The zero-order chi connectivity index (χ0) is 12.3. The van der Waals surface area contributed by atoms with Gasteiger partial charge in [0.15, 0.2) is 0 Å². The van der Waals surface area contributed by atoms with Crippen molar-refractivity contribution in [3.05, 3.63) is 33.8 Å². The van der Waals surface area contributed by atoms with Gasteiger partial charge in [0.1, 0.15) is 6.04 Å². The van der Waals surface area contributed by atoms with Crippen LogP contribution in [0.1, 0.15) is 12.0 Å². The minimum Gasteiger partial charge on any atom is -0.320 e. The second kappa shape index (κ2) is 6.69. The van der Waals surface area contributed by atoms with Gasteiger partial charge < -0.3 is 5.73 Å². The Labute approximate surface area is 113 Å². The van der Waals surface area contributed by atoms with Crippen molar-refractivity contribution in [3.8, 4) is 0 Å². The van der Waals surface area contributed by atoms with E-state index in [1.165, 1.54) is 0 Å². The lowest BCUT2D eigenvalue weighted by Crippen LogP contribution is -2.37. The highest BCUT2D eigenvalue weighted by atomic mass is 35.5. The zero-order valence-electron chi connectivity index (χ0n) is 8.60. The highest BCUT2D eigenvalue weighted by Gasteiger charge is 2.36. The van der Waals surface area contributed by atoms with Gasteiger partial charge in [0.25, 0.3) is 0 Å². The molecule has 0 amide bonds. The maximum atomic E-state index is 12.1. The summed E-state index contributed by atoms with van der Waals surface area (Å²) in [4.78, 5) is 0. The molecule has 0 saturated carbocycles. The first-order valence-corrected chi connectivity index (χ1v) is 5.32. The van der Waals surface area contributed by atoms with Gasteiger partial charge in [-0.3, -0.25) is 0 Å². The highest BCUT2D eigenvalue weighted by molar-refractivity contribution is 6.33. The molecule has 0 saturated heterocycles. The van der Waals surface area contributed by atoms with Crippen LogP contribution in [0.15, 0.2) is 18.2 Å². The van der Waals surface area contributed by atoms with Crippen molar-refractivity contribution in [3.63, 3.8) is 0 Å². The topological polar surface area (TPSA) is 26.0 Å². The first-order chi connectivity index (χ1) is 7.30. The van der Waals surface area contributed by atoms with Crippen molar-refractivity contribution >= 4 is 35.6 Å². The molecule has 0 bridgehead atoms. The number of alkyl halides is 3. The summed E-state index contributed by atoms with van der Waals surface area (Å²) in [6, 6.07) is 2.85. The van der Waals surface area contributed by atoms with Gasteiger partial charge in [-0.1, -0.05) is 23.2 Å². The van der Waals surface area contributed by atoms with Crippen molar-refractivity contribution in [2.45, 2.75) is 25.1 Å². The fraction of sp³-hybridized carbons (Fsp3) is 0.400. The Kier molecular flexibility index (Phi) is 6.62. The minimum absolute atomic E-state index is 0. The van der Waals surface area contributed by atoms with Crippen LogP contribution in [-0.2, 0) is 6.42 Å². The van der Waals surface area contributed by atoms with E-state index in [1.807, 2.05) is 0 Å². The van der Waals surface area contributed by atoms with E-state index < -0.39 is 12.2 Å². The van der Waals surface area contributed by atoms with Crippen LogP contribution in [0.4, 0.5) is 13.2 Å². The molecule has 0 radical (unpaired) electrons. The van der Waals surface area contributed by atoms with Crippen LogP contribution >= 0.6 is 35.6 Å². The number of hydrogen-bond donors (Lipinski definition) is 1. The molecule has 1 unspecified atom stereocenters. The summed E-state index contributed by atoms with van der Waals surface area (Å²) >= 11 is 11.5. The van der Waals surface area contributed by atoms with E-state index >= 15 is 0 Å². The van der Waals surface area contributed by atoms with Crippen molar-refractivity contribution in [2.24, 2.45) is 5.73 Å². The van der Waals surface area contributed by atoms with E-state index in [2.05, 4.69) is 0 Å². The van der Waals surface area contributed by atoms with Crippen LogP contribution < -0.4 is 5.73 Å². The highest BCUT2D eigenvalue weighted by Crippen LogP contribution is 2.25. The predicted molar refractivity (Wildman–Crippen MR) is 66.1 cm³/mol. The summed E-state index contributed by atoms with van der Waals surface area (Å²) in [5.74, 6) is 0. The van der Waals surface area contributed by atoms with Crippen molar-refractivity contribution in [1.82, 2.24) is 0 Å². The average Bonchev–Trinajstić information content (AvgIpc) is 2.17. The lowest BCUT2D eigenvalue weighted by molar-refractivity contribution is -0.148. The summed E-state index contributed by atoms with van der Waals surface area (Å²) in [5.41, 5.74) is 5.56.